The SMILES string of the molecule is CC(C)c1nn2c(c1C(C)(C)C)CN(CCC(C)(C)c1nn3c(c1C(C)(C)C)CNCC3)CC2. The van der Waals surface area contributed by atoms with E-state index in [2.05, 4.69) is 88.8 Å². The highest BCUT2D eigenvalue weighted by molar-refractivity contribution is 5.38. The lowest BCUT2D eigenvalue weighted by atomic mass is 9.75. The Morgan fingerprint density at radius 1 is 0.824 bits per heavy atom. The highest BCUT2D eigenvalue weighted by Crippen LogP contribution is 2.39. The van der Waals surface area contributed by atoms with E-state index in [9.17, 15) is 0 Å². The van der Waals surface area contributed by atoms with E-state index in [0.717, 1.165) is 52.2 Å². The summed E-state index contributed by atoms with van der Waals surface area (Å²) in [6.07, 6.45) is 1.11. The number of nitrogens with zero attached hydrogens (tertiary/aromatic N) is 5. The second-order valence-electron chi connectivity index (χ2n) is 13.6. The van der Waals surface area contributed by atoms with Crippen LogP contribution in [0.3, 0.4) is 0 Å². The van der Waals surface area contributed by atoms with Gasteiger partial charge in [-0.3, -0.25) is 14.3 Å². The lowest BCUT2D eigenvalue weighted by molar-refractivity contribution is 0.193. The van der Waals surface area contributed by atoms with Crippen LogP contribution in [0.2, 0.25) is 0 Å². The monoisotopic (exact) mass is 468 g/mol. The van der Waals surface area contributed by atoms with Crippen LogP contribution in [0.4, 0.5) is 0 Å². The first kappa shape index (κ1) is 25.4. The van der Waals surface area contributed by atoms with Crippen LogP contribution in [0.5, 0.6) is 0 Å². The molecule has 2 aromatic rings. The molecule has 0 spiro atoms. The highest BCUT2D eigenvalue weighted by atomic mass is 15.3. The van der Waals surface area contributed by atoms with Gasteiger partial charge < -0.3 is 5.32 Å². The van der Waals surface area contributed by atoms with E-state index >= 15 is 0 Å². The molecule has 2 aromatic heterocycles. The van der Waals surface area contributed by atoms with E-state index in [1.165, 1.54) is 33.9 Å². The molecular weight excluding hydrogens is 420 g/mol. The second-order valence-corrected chi connectivity index (χ2v) is 13.6. The van der Waals surface area contributed by atoms with Crippen molar-refractivity contribution in [2.24, 2.45) is 0 Å². The van der Waals surface area contributed by atoms with E-state index < -0.39 is 0 Å². The fourth-order valence-corrected chi connectivity index (χ4v) is 5.87. The Bertz CT molecular complexity index is 1020. The molecule has 0 radical (unpaired) electrons. The van der Waals surface area contributed by atoms with Crippen molar-refractivity contribution in [3.8, 4) is 0 Å². The molecule has 6 heteroatoms. The highest BCUT2D eigenvalue weighted by Gasteiger charge is 2.37. The van der Waals surface area contributed by atoms with Crippen molar-refractivity contribution in [1.82, 2.24) is 29.8 Å². The number of aromatic nitrogens is 4. The molecule has 1 N–H and O–H groups in total. The zero-order valence-electron chi connectivity index (χ0n) is 23.5. The predicted octanol–water partition coefficient (Wildman–Crippen LogP) is 5.08. The standard InChI is InChI=1S/C28H48N6/c1-19(2)24-22(26(3,4)5)21-18-32(15-16-34(21)30-24)13-11-28(9,10)25-23(27(6,7)8)20-17-29-12-14-33(20)31-25/h19,29H,11-18H2,1-10H3. The van der Waals surface area contributed by atoms with Crippen molar-refractivity contribution in [2.45, 2.75) is 124 Å². The molecule has 0 amide bonds. The number of hydrogen-bond acceptors (Lipinski definition) is 4. The van der Waals surface area contributed by atoms with Gasteiger partial charge in [-0.15, -0.1) is 0 Å². The molecule has 2 aliphatic heterocycles. The average molecular weight is 469 g/mol. The minimum Gasteiger partial charge on any atom is -0.309 e. The van der Waals surface area contributed by atoms with Crippen molar-refractivity contribution >= 4 is 0 Å². The summed E-state index contributed by atoms with van der Waals surface area (Å²) in [5, 5.41) is 13.8. The molecule has 0 bridgehead atoms. The van der Waals surface area contributed by atoms with E-state index in [1.807, 2.05) is 0 Å². The summed E-state index contributed by atoms with van der Waals surface area (Å²) in [5.41, 5.74) is 8.56. The fraction of sp³-hybridized carbons (Fsp3) is 0.786. The smallest absolute Gasteiger partial charge is 0.0721 e. The predicted molar refractivity (Wildman–Crippen MR) is 141 cm³/mol. The molecule has 4 heterocycles. The number of rotatable bonds is 5. The summed E-state index contributed by atoms with van der Waals surface area (Å²) >= 11 is 0. The molecule has 0 aliphatic carbocycles. The minimum atomic E-state index is 0.0284. The molecule has 0 unspecified atom stereocenters. The van der Waals surface area contributed by atoms with Gasteiger partial charge in [0.05, 0.1) is 35.9 Å². The van der Waals surface area contributed by atoms with Crippen LogP contribution in [-0.4, -0.2) is 44.1 Å². The Labute approximate surface area is 207 Å². The van der Waals surface area contributed by atoms with Gasteiger partial charge in [-0.1, -0.05) is 69.2 Å². The maximum Gasteiger partial charge on any atom is 0.0721 e. The largest absolute Gasteiger partial charge is 0.309 e. The van der Waals surface area contributed by atoms with Crippen LogP contribution in [0.15, 0.2) is 0 Å². The minimum absolute atomic E-state index is 0.0284. The van der Waals surface area contributed by atoms with Crippen molar-refractivity contribution in [2.75, 3.05) is 19.6 Å². The molecule has 2 aliphatic rings. The normalized spacial score (nSPS) is 17.9. The van der Waals surface area contributed by atoms with Gasteiger partial charge in [0.15, 0.2) is 0 Å². The first-order valence-electron chi connectivity index (χ1n) is 13.3. The molecule has 4 rings (SSSR count). The van der Waals surface area contributed by atoms with Crippen LogP contribution in [0.25, 0.3) is 0 Å². The second kappa shape index (κ2) is 8.77. The maximum absolute atomic E-state index is 5.20. The third kappa shape index (κ3) is 4.73. The summed E-state index contributed by atoms with van der Waals surface area (Å²) in [7, 11) is 0. The molecule has 34 heavy (non-hydrogen) atoms. The third-order valence-corrected chi connectivity index (χ3v) is 7.68. The molecule has 0 saturated carbocycles. The van der Waals surface area contributed by atoms with E-state index in [4.69, 9.17) is 10.2 Å². The summed E-state index contributed by atoms with van der Waals surface area (Å²) in [6.45, 7) is 30.4. The van der Waals surface area contributed by atoms with Crippen LogP contribution < -0.4 is 5.32 Å². The molecule has 0 fully saturated rings. The molecule has 0 saturated heterocycles. The summed E-state index contributed by atoms with van der Waals surface area (Å²) in [6, 6.07) is 0. The summed E-state index contributed by atoms with van der Waals surface area (Å²) in [4.78, 5) is 2.65. The van der Waals surface area contributed by atoms with Crippen LogP contribution in [0, 0.1) is 0 Å². The number of fused-ring (bicyclic) bond motifs is 2. The van der Waals surface area contributed by atoms with Gasteiger partial charge in [-0.25, -0.2) is 0 Å². The zero-order valence-corrected chi connectivity index (χ0v) is 23.5. The van der Waals surface area contributed by atoms with Crippen molar-refractivity contribution < 1.29 is 0 Å². The van der Waals surface area contributed by atoms with Gasteiger partial charge in [0.2, 0.25) is 0 Å². The molecule has 0 atom stereocenters. The van der Waals surface area contributed by atoms with Crippen molar-refractivity contribution in [3.05, 3.63) is 33.9 Å². The molecule has 190 valence electrons. The van der Waals surface area contributed by atoms with Crippen LogP contribution in [0.1, 0.15) is 115 Å². The Morgan fingerprint density at radius 2 is 1.47 bits per heavy atom. The van der Waals surface area contributed by atoms with Gasteiger partial charge in [-0.05, 0) is 29.7 Å². The Kier molecular flexibility index (Phi) is 6.56. The Morgan fingerprint density at radius 3 is 2.09 bits per heavy atom. The number of nitrogens with one attached hydrogen (secondary N) is 1. The van der Waals surface area contributed by atoms with Gasteiger partial charge >= 0.3 is 0 Å². The Balaban J connectivity index is 1.56. The van der Waals surface area contributed by atoms with Crippen LogP contribution >= 0.6 is 0 Å². The van der Waals surface area contributed by atoms with E-state index in [0.29, 0.717) is 5.92 Å². The van der Waals surface area contributed by atoms with E-state index in [-0.39, 0.29) is 16.2 Å². The lowest BCUT2D eigenvalue weighted by Crippen LogP contribution is -2.38. The fourth-order valence-electron chi connectivity index (χ4n) is 5.87. The quantitative estimate of drug-likeness (QED) is 0.664. The van der Waals surface area contributed by atoms with Gasteiger partial charge in [0, 0.05) is 42.7 Å². The van der Waals surface area contributed by atoms with Gasteiger partial charge in [0.1, 0.15) is 0 Å². The van der Waals surface area contributed by atoms with Crippen molar-refractivity contribution in [3.63, 3.8) is 0 Å². The third-order valence-electron chi connectivity index (χ3n) is 7.68. The van der Waals surface area contributed by atoms with E-state index in [1.54, 1.807) is 0 Å². The Hall–Kier alpha value is -1.66. The molecule has 0 aromatic carbocycles. The summed E-state index contributed by atoms with van der Waals surface area (Å²) < 4.78 is 4.57. The summed E-state index contributed by atoms with van der Waals surface area (Å²) in [5.74, 6) is 0.456. The van der Waals surface area contributed by atoms with Crippen LogP contribution in [-0.2, 0) is 42.4 Å². The average Bonchev–Trinajstić information content (AvgIpc) is 3.31. The lowest BCUT2D eigenvalue weighted by Gasteiger charge is -2.34. The zero-order chi connectivity index (χ0) is 25.1. The molecular formula is C28H48N6. The molecule has 6 nitrogen and oxygen atoms in total. The van der Waals surface area contributed by atoms with Gasteiger partial charge in [0.25, 0.3) is 0 Å². The van der Waals surface area contributed by atoms with Gasteiger partial charge in [-0.2, -0.15) is 10.2 Å². The first-order chi connectivity index (χ1) is 15.7. The van der Waals surface area contributed by atoms with Crippen molar-refractivity contribution in [1.29, 1.82) is 0 Å². The topological polar surface area (TPSA) is 50.9 Å². The number of hydrogen-bond donors (Lipinski definition) is 1. The maximum atomic E-state index is 5.20. The first-order valence-corrected chi connectivity index (χ1v) is 13.3.